The van der Waals surface area contributed by atoms with Gasteiger partial charge in [0.05, 0.1) is 5.92 Å². The summed E-state index contributed by atoms with van der Waals surface area (Å²) in [4.78, 5) is 0. The van der Waals surface area contributed by atoms with E-state index < -0.39 is 12.1 Å². The lowest BCUT2D eigenvalue weighted by Gasteiger charge is -2.34. The van der Waals surface area contributed by atoms with Crippen molar-refractivity contribution in [1.82, 2.24) is 5.32 Å². The Morgan fingerprint density at radius 2 is 1.94 bits per heavy atom. The van der Waals surface area contributed by atoms with Crippen molar-refractivity contribution in [2.75, 3.05) is 18.6 Å². The first-order chi connectivity index (χ1) is 7.95. The van der Waals surface area contributed by atoms with Crippen LogP contribution in [0.4, 0.5) is 13.2 Å². The third-order valence-electron chi connectivity index (χ3n) is 3.37. The smallest absolute Gasteiger partial charge is 0.313 e. The Balaban J connectivity index is 2.43. The van der Waals surface area contributed by atoms with Gasteiger partial charge in [-0.15, -0.1) is 0 Å². The molecule has 102 valence electrons. The minimum Gasteiger partial charge on any atom is -0.313 e. The molecule has 1 fully saturated rings. The van der Waals surface area contributed by atoms with Crippen molar-refractivity contribution in [2.45, 2.75) is 44.8 Å². The zero-order valence-corrected chi connectivity index (χ0v) is 11.3. The highest BCUT2D eigenvalue weighted by molar-refractivity contribution is 7.98. The van der Waals surface area contributed by atoms with E-state index in [0.29, 0.717) is 25.3 Å². The number of hydrogen-bond acceptors (Lipinski definition) is 2. The second-order valence-corrected chi connectivity index (χ2v) is 5.92. The van der Waals surface area contributed by atoms with Crippen molar-refractivity contribution >= 4 is 11.8 Å². The van der Waals surface area contributed by atoms with E-state index in [1.165, 1.54) is 0 Å². The maximum Gasteiger partial charge on any atom is 0.393 e. The lowest BCUT2D eigenvalue weighted by Crippen LogP contribution is -2.46. The van der Waals surface area contributed by atoms with Gasteiger partial charge in [-0.3, -0.25) is 0 Å². The summed E-state index contributed by atoms with van der Waals surface area (Å²) in [6, 6.07) is -0.368. The molecule has 0 aliphatic heterocycles. The molecule has 0 heterocycles. The minimum atomic E-state index is -4.04. The SMILES string of the molecule is CSCC(C)CNC1CCCCC1C(F)(F)F. The van der Waals surface area contributed by atoms with Crippen LogP contribution in [0.2, 0.25) is 0 Å². The Hall–Kier alpha value is 0.100. The van der Waals surface area contributed by atoms with Crippen LogP contribution in [-0.4, -0.2) is 30.8 Å². The van der Waals surface area contributed by atoms with Gasteiger partial charge in [0.1, 0.15) is 0 Å². The van der Waals surface area contributed by atoms with Crippen LogP contribution < -0.4 is 5.32 Å². The predicted octanol–water partition coefficient (Wildman–Crippen LogP) is 3.70. The van der Waals surface area contributed by atoms with Crippen molar-refractivity contribution in [3.8, 4) is 0 Å². The number of alkyl halides is 3. The van der Waals surface area contributed by atoms with Crippen LogP contribution in [0, 0.1) is 11.8 Å². The standard InChI is InChI=1S/C12H22F3NS/c1-9(8-17-2)7-16-11-6-4-3-5-10(11)12(13,14)15/h9-11,16H,3-8H2,1-2H3. The number of nitrogens with one attached hydrogen (secondary N) is 1. The van der Waals surface area contributed by atoms with Crippen molar-refractivity contribution in [3.05, 3.63) is 0 Å². The van der Waals surface area contributed by atoms with E-state index in [2.05, 4.69) is 12.2 Å². The molecule has 0 aromatic rings. The van der Waals surface area contributed by atoms with E-state index in [4.69, 9.17) is 0 Å². The van der Waals surface area contributed by atoms with Crippen molar-refractivity contribution in [2.24, 2.45) is 11.8 Å². The van der Waals surface area contributed by atoms with E-state index in [-0.39, 0.29) is 12.5 Å². The molecular formula is C12H22F3NS. The fourth-order valence-electron chi connectivity index (χ4n) is 2.46. The first-order valence-electron chi connectivity index (χ1n) is 6.24. The molecule has 0 aromatic heterocycles. The number of rotatable bonds is 5. The summed E-state index contributed by atoms with van der Waals surface area (Å²) < 4.78 is 38.5. The van der Waals surface area contributed by atoms with Gasteiger partial charge in [-0.2, -0.15) is 24.9 Å². The Bertz CT molecular complexity index is 220. The molecular weight excluding hydrogens is 247 g/mol. The summed E-state index contributed by atoms with van der Waals surface area (Å²) in [7, 11) is 0. The maximum atomic E-state index is 12.8. The van der Waals surface area contributed by atoms with Gasteiger partial charge in [0.2, 0.25) is 0 Å². The molecule has 0 bridgehead atoms. The molecule has 17 heavy (non-hydrogen) atoms. The highest BCUT2D eigenvalue weighted by atomic mass is 32.2. The van der Waals surface area contributed by atoms with Crippen molar-refractivity contribution < 1.29 is 13.2 Å². The molecule has 3 unspecified atom stereocenters. The molecule has 0 spiro atoms. The van der Waals surface area contributed by atoms with E-state index in [0.717, 1.165) is 12.2 Å². The van der Waals surface area contributed by atoms with Crippen LogP contribution in [0.1, 0.15) is 32.6 Å². The molecule has 1 aliphatic rings. The Morgan fingerprint density at radius 3 is 2.53 bits per heavy atom. The molecule has 1 rings (SSSR count). The van der Waals surface area contributed by atoms with Gasteiger partial charge in [-0.1, -0.05) is 19.8 Å². The third kappa shape index (κ3) is 5.08. The fourth-order valence-corrected chi connectivity index (χ4v) is 3.15. The molecule has 3 atom stereocenters. The molecule has 0 amide bonds. The van der Waals surface area contributed by atoms with Gasteiger partial charge >= 0.3 is 6.18 Å². The second kappa shape index (κ2) is 6.88. The number of thioether (sulfide) groups is 1. The van der Waals surface area contributed by atoms with E-state index in [1.54, 1.807) is 11.8 Å². The summed E-state index contributed by atoms with van der Waals surface area (Å²) in [6.07, 6.45) is 0.564. The molecule has 1 saturated carbocycles. The van der Waals surface area contributed by atoms with E-state index in [9.17, 15) is 13.2 Å². The highest BCUT2D eigenvalue weighted by Crippen LogP contribution is 2.37. The average Bonchev–Trinajstić information content (AvgIpc) is 2.26. The van der Waals surface area contributed by atoms with Gasteiger partial charge in [0.15, 0.2) is 0 Å². The zero-order valence-electron chi connectivity index (χ0n) is 10.5. The molecule has 1 nitrogen and oxygen atoms in total. The predicted molar refractivity (Wildman–Crippen MR) is 67.3 cm³/mol. The molecule has 1 N–H and O–H groups in total. The van der Waals surface area contributed by atoms with Crippen LogP contribution in [0.25, 0.3) is 0 Å². The quantitative estimate of drug-likeness (QED) is 0.817. The summed E-state index contributed by atoms with van der Waals surface area (Å²) in [5.74, 6) is 0.287. The first-order valence-corrected chi connectivity index (χ1v) is 7.63. The normalized spacial score (nSPS) is 28.1. The fraction of sp³-hybridized carbons (Fsp3) is 1.00. The van der Waals surface area contributed by atoms with Gasteiger partial charge in [-0.05, 0) is 37.3 Å². The van der Waals surface area contributed by atoms with Crippen molar-refractivity contribution in [3.63, 3.8) is 0 Å². The van der Waals surface area contributed by atoms with Crippen LogP contribution in [-0.2, 0) is 0 Å². The van der Waals surface area contributed by atoms with Crippen LogP contribution >= 0.6 is 11.8 Å². The third-order valence-corrected chi connectivity index (χ3v) is 4.27. The number of halogens is 3. The lowest BCUT2D eigenvalue weighted by atomic mass is 9.84. The summed E-state index contributed by atoms with van der Waals surface area (Å²) in [6.45, 7) is 2.77. The average molecular weight is 269 g/mol. The van der Waals surface area contributed by atoms with Crippen LogP contribution in [0.5, 0.6) is 0 Å². The molecule has 5 heteroatoms. The molecule has 0 aromatic carbocycles. The van der Waals surface area contributed by atoms with Gasteiger partial charge in [0.25, 0.3) is 0 Å². The Kier molecular flexibility index (Phi) is 6.13. The molecule has 0 radical (unpaired) electrons. The van der Waals surface area contributed by atoms with E-state index in [1.807, 2.05) is 6.26 Å². The molecule has 1 aliphatic carbocycles. The zero-order chi connectivity index (χ0) is 12.9. The van der Waals surface area contributed by atoms with Gasteiger partial charge < -0.3 is 5.32 Å². The molecule has 0 saturated heterocycles. The largest absolute Gasteiger partial charge is 0.393 e. The van der Waals surface area contributed by atoms with Gasteiger partial charge in [-0.25, -0.2) is 0 Å². The summed E-state index contributed by atoms with van der Waals surface area (Å²) in [5, 5.41) is 3.13. The summed E-state index contributed by atoms with van der Waals surface area (Å²) in [5.41, 5.74) is 0. The van der Waals surface area contributed by atoms with Crippen LogP contribution in [0.3, 0.4) is 0 Å². The Morgan fingerprint density at radius 1 is 1.29 bits per heavy atom. The summed E-state index contributed by atoms with van der Waals surface area (Å²) >= 11 is 1.74. The van der Waals surface area contributed by atoms with Gasteiger partial charge in [0, 0.05) is 6.04 Å². The topological polar surface area (TPSA) is 12.0 Å². The van der Waals surface area contributed by atoms with Crippen molar-refractivity contribution in [1.29, 1.82) is 0 Å². The lowest BCUT2D eigenvalue weighted by molar-refractivity contribution is -0.189. The van der Waals surface area contributed by atoms with E-state index >= 15 is 0 Å². The highest BCUT2D eigenvalue weighted by Gasteiger charge is 2.45. The monoisotopic (exact) mass is 269 g/mol. The maximum absolute atomic E-state index is 12.8. The minimum absolute atomic E-state index is 0.290. The number of hydrogen-bond donors (Lipinski definition) is 1. The van der Waals surface area contributed by atoms with Crippen LogP contribution in [0.15, 0.2) is 0 Å². The second-order valence-electron chi connectivity index (χ2n) is 5.01. The first kappa shape index (κ1) is 15.2. The Labute approximate surface area is 106 Å².